The minimum absolute atomic E-state index is 0.183. The Morgan fingerprint density at radius 1 is 1.44 bits per heavy atom. The van der Waals surface area contributed by atoms with Gasteiger partial charge in [0, 0.05) is 19.3 Å². The van der Waals surface area contributed by atoms with Gasteiger partial charge in [0.05, 0.1) is 18.8 Å². The van der Waals surface area contributed by atoms with Crippen molar-refractivity contribution in [2.24, 2.45) is 0 Å². The van der Waals surface area contributed by atoms with E-state index in [4.69, 9.17) is 9.84 Å². The molecular weight excluding hydrogens is 234 g/mol. The standard InChI is InChI=1S/C12H19N3O3/c1-15(2)6-8-18-7-5-13-11-4-3-10(9-14-11)12(16)17/h3-4,9H,5-8H2,1-2H3,(H,13,14)(H,16,17). The molecule has 0 radical (unpaired) electrons. The van der Waals surface area contributed by atoms with Crippen molar-refractivity contribution >= 4 is 11.8 Å². The Labute approximate surface area is 107 Å². The zero-order valence-corrected chi connectivity index (χ0v) is 10.7. The lowest BCUT2D eigenvalue weighted by atomic mass is 10.3. The lowest BCUT2D eigenvalue weighted by Gasteiger charge is -2.10. The molecule has 1 rings (SSSR count). The number of carbonyl (C=O) groups is 1. The van der Waals surface area contributed by atoms with Crippen LogP contribution in [0.1, 0.15) is 10.4 Å². The molecule has 0 amide bonds. The average molecular weight is 253 g/mol. The van der Waals surface area contributed by atoms with Crippen LogP contribution >= 0.6 is 0 Å². The SMILES string of the molecule is CN(C)CCOCCNc1ccc(C(=O)O)cn1. The lowest BCUT2D eigenvalue weighted by molar-refractivity contribution is 0.0696. The molecule has 0 aliphatic carbocycles. The van der Waals surface area contributed by atoms with Crippen LogP contribution in [0, 0.1) is 0 Å². The molecule has 6 nitrogen and oxygen atoms in total. The van der Waals surface area contributed by atoms with Gasteiger partial charge in [-0.2, -0.15) is 0 Å². The molecule has 1 aromatic heterocycles. The summed E-state index contributed by atoms with van der Waals surface area (Å²) in [5.41, 5.74) is 0.183. The average Bonchev–Trinajstić information content (AvgIpc) is 2.34. The maximum Gasteiger partial charge on any atom is 0.337 e. The van der Waals surface area contributed by atoms with Crippen molar-refractivity contribution in [3.63, 3.8) is 0 Å². The summed E-state index contributed by atoms with van der Waals surface area (Å²) < 4.78 is 5.40. The van der Waals surface area contributed by atoms with Crippen LogP contribution < -0.4 is 5.32 Å². The third-order valence-corrected chi connectivity index (χ3v) is 2.25. The fraction of sp³-hybridized carbons (Fsp3) is 0.500. The first-order valence-electron chi connectivity index (χ1n) is 5.75. The van der Waals surface area contributed by atoms with Crippen LogP contribution in [0.15, 0.2) is 18.3 Å². The van der Waals surface area contributed by atoms with Crippen LogP contribution in [0.2, 0.25) is 0 Å². The molecule has 0 fully saturated rings. The van der Waals surface area contributed by atoms with Gasteiger partial charge < -0.3 is 20.1 Å². The number of hydrogen-bond acceptors (Lipinski definition) is 5. The molecule has 0 aliphatic heterocycles. The number of anilines is 1. The van der Waals surface area contributed by atoms with E-state index in [0.29, 0.717) is 25.6 Å². The highest BCUT2D eigenvalue weighted by atomic mass is 16.5. The zero-order valence-electron chi connectivity index (χ0n) is 10.7. The number of aromatic nitrogens is 1. The second kappa shape index (κ2) is 7.62. The molecule has 18 heavy (non-hydrogen) atoms. The molecule has 1 heterocycles. The van der Waals surface area contributed by atoms with E-state index in [9.17, 15) is 4.79 Å². The lowest BCUT2D eigenvalue weighted by Crippen LogP contribution is -2.20. The fourth-order valence-electron chi connectivity index (χ4n) is 1.23. The van der Waals surface area contributed by atoms with Crippen molar-refractivity contribution in [3.05, 3.63) is 23.9 Å². The Kier molecular flexibility index (Phi) is 6.10. The van der Waals surface area contributed by atoms with Crippen molar-refractivity contribution < 1.29 is 14.6 Å². The molecule has 100 valence electrons. The molecule has 0 aromatic carbocycles. The summed E-state index contributed by atoms with van der Waals surface area (Å²) in [5, 5.41) is 11.8. The minimum atomic E-state index is -0.971. The molecule has 0 spiro atoms. The number of nitrogens with one attached hydrogen (secondary N) is 1. The Morgan fingerprint density at radius 3 is 2.78 bits per heavy atom. The Balaban J connectivity index is 2.17. The number of aromatic carboxylic acids is 1. The maximum atomic E-state index is 10.6. The topological polar surface area (TPSA) is 74.7 Å². The predicted octanol–water partition coefficient (Wildman–Crippen LogP) is 0.770. The van der Waals surface area contributed by atoms with E-state index in [2.05, 4.69) is 15.2 Å². The smallest absolute Gasteiger partial charge is 0.337 e. The molecule has 6 heteroatoms. The number of rotatable bonds is 8. The quantitative estimate of drug-likeness (QED) is 0.667. The first kappa shape index (κ1) is 14.4. The van der Waals surface area contributed by atoms with Crippen molar-refractivity contribution in [1.82, 2.24) is 9.88 Å². The van der Waals surface area contributed by atoms with Gasteiger partial charge in [0.1, 0.15) is 5.82 Å². The molecule has 0 unspecified atom stereocenters. The molecule has 0 atom stereocenters. The Morgan fingerprint density at radius 2 is 2.22 bits per heavy atom. The van der Waals surface area contributed by atoms with Gasteiger partial charge in [-0.05, 0) is 26.2 Å². The van der Waals surface area contributed by atoms with Gasteiger partial charge in [0.25, 0.3) is 0 Å². The molecule has 1 aromatic rings. The summed E-state index contributed by atoms with van der Waals surface area (Å²) >= 11 is 0. The van der Waals surface area contributed by atoms with Gasteiger partial charge in [-0.25, -0.2) is 9.78 Å². The van der Waals surface area contributed by atoms with Gasteiger partial charge >= 0.3 is 5.97 Å². The number of carboxylic acid groups (broad SMARTS) is 1. The van der Waals surface area contributed by atoms with E-state index in [-0.39, 0.29) is 5.56 Å². The van der Waals surface area contributed by atoms with Crippen LogP contribution in [0.25, 0.3) is 0 Å². The summed E-state index contributed by atoms with van der Waals surface area (Å²) in [6.45, 7) is 2.83. The molecule has 0 saturated heterocycles. The summed E-state index contributed by atoms with van der Waals surface area (Å²) in [6.07, 6.45) is 1.33. The van der Waals surface area contributed by atoms with E-state index < -0.39 is 5.97 Å². The van der Waals surface area contributed by atoms with Crippen molar-refractivity contribution in [2.45, 2.75) is 0 Å². The number of ether oxygens (including phenoxy) is 1. The van der Waals surface area contributed by atoms with Crippen molar-refractivity contribution in [3.8, 4) is 0 Å². The van der Waals surface area contributed by atoms with Crippen LogP contribution in [0.4, 0.5) is 5.82 Å². The molecule has 2 N–H and O–H groups in total. The molecule has 0 aliphatic rings. The number of pyridine rings is 1. The Bertz CT molecular complexity index is 365. The molecule has 0 saturated carbocycles. The van der Waals surface area contributed by atoms with Crippen molar-refractivity contribution in [2.75, 3.05) is 45.7 Å². The van der Waals surface area contributed by atoms with Gasteiger partial charge in [-0.3, -0.25) is 0 Å². The van der Waals surface area contributed by atoms with Gasteiger partial charge in [-0.1, -0.05) is 0 Å². The first-order chi connectivity index (χ1) is 8.59. The summed E-state index contributed by atoms with van der Waals surface area (Å²) in [4.78, 5) is 16.7. The highest BCUT2D eigenvalue weighted by molar-refractivity contribution is 5.87. The molecular formula is C12H19N3O3. The Hall–Kier alpha value is -1.66. The summed E-state index contributed by atoms with van der Waals surface area (Å²) in [7, 11) is 3.99. The number of hydrogen-bond donors (Lipinski definition) is 2. The van der Waals surface area contributed by atoms with Gasteiger partial charge in [0.15, 0.2) is 0 Å². The molecule has 0 bridgehead atoms. The van der Waals surface area contributed by atoms with Crippen molar-refractivity contribution in [1.29, 1.82) is 0 Å². The number of likely N-dealkylation sites (N-methyl/N-ethyl adjacent to an activating group) is 1. The largest absolute Gasteiger partial charge is 0.478 e. The third kappa shape index (κ3) is 5.60. The van der Waals surface area contributed by atoms with Gasteiger partial charge in [0.2, 0.25) is 0 Å². The normalized spacial score (nSPS) is 10.6. The second-order valence-electron chi connectivity index (χ2n) is 4.08. The van der Waals surface area contributed by atoms with E-state index in [1.807, 2.05) is 14.1 Å². The van der Waals surface area contributed by atoms with E-state index >= 15 is 0 Å². The van der Waals surface area contributed by atoms with Crippen LogP contribution in [0.5, 0.6) is 0 Å². The van der Waals surface area contributed by atoms with Crippen LogP contribution in [0.3, 0.4) is 0 Å². The van der Waals surface area contributed by atoms with Crippen LogP contribution in [-0.4, -0.2) is 61.4 Å². The summed E-state index contributed by atoms with van der Waals surface area (Å²) in [6, 6.07) is 3.16. The minimum Gasteiger partial charge on any atom is -0.478 e. The third-order valence-electron chi connectivity index (χ3n) is 2.25. The second-order valence-corrected chi connectivity index (χ2v) is 4.08. The number of nitrogens with zero attached hydrogens (tertiary/aromatic N) is 2. The highest BCUT2D eigenvalue weighted by Gasteiger charge is 2.02. The van der Waals surface area contributed by atoms with Crippen LogP contribution in [-0.2, 0) is 4.74 Å². The first-order valence-corrected chi connectivity index (χ1v) is 5.75. The van der Waals surface area contributed by atoms with Gasteiger partial charge in [-0.15, -0.1) is 0 Å². The predicted molar refractivity (Wildman–Crippen MR) is 69.1 cm³/mol. The zero-order chi connectivity index (χ0) is 13.4. The fourth-order valence-corrected chi connectivity index (χ4v) is 1.23. The highest BCUT2D eigenvalue weighted by Crippen LogP contribution is 2.04. The van der Waals surface area contributed by atoms with E-state index in [1.54, 1.807) is 6.07 Å². The monoisotopic (exact) mass is 253 g/mol. The van der Waals surface area contributed by atoms with E-state index in [0.717, 1.165) is 6.54 Å². The number of carboxylic acids is 1. The maximum absolute atomic E-state index is 10.6. The summed E-state index contributed by atoms with van der Waals surface area (Å²) in [5.74, 6) is -0.322. The van der Waals surface area contributed by atoms with E-state index in [1.165, 1.54) is 12.3 Å².